The van der Waals surface area contributed by atoms with Crippen LogP contribution in [-0.4, -0.2) is 23.1 Å². The molecule has 0 bridgehead atoms. The maximum atomic E-state index is 13.5. The molecule has 0 radical (unpaired) electrons. The number of carbonyl (C=O) groups is 2. The zero-order valence-electron chi connectivity index (χ0n) is 12.3. The molecule has 1 unspecified atom stereocenters. The summed E-state index contributed by atoms with van der Waals surface area (Å²) >= 11 is 0. The molecule has 0 saturated carbocycles. The summed E-state index contributed by atoms with van der Waals surface area (Å²) in [6.07, 6.45) is 4.16. The predicted molar refractivity (Wildman–Crippen MR) is 79.1 cm³/mol. The van der Waals surface area contributed by atoms with Crippen molar-refractivity contribution in [3.05, 3.63) is 29.6 Å². The van der Waals surface area contributed by atoms with Crippen LogP contribution in [0.2, 0.25) is 0 Å². The summed E-state index contributed by atoms with van der Waals surface area (Å²) in [5.41, 5.74) is -0.204. The number of unbranched alkanes of at least 4 members (excludes halogenated alkanes) is 2. The first kappa shape index (κ1) is 16.9. The number of anilines is 1. The summed E-state index contributed by atoms with van der Waals surface area (Å²) in [6.45, 7) is 4.02. The lowest BCUT2D eigenvalue weighted by Crippen LogP contribution is -2.36. The molecule has 116 valence electrons. The van der Waals surface area contributed by atoms with Crippen LogP contribution in [0, 0.1) is 5.82 Å². The molecule has 0 fully saturated rings. The Morgan fingerprint density at radius 1 is 1.33 bits per heavy atom. The van der Waals surface area contributed by atoms with Crippen molar-refractivity contribution < 1.29 is 19.1 Å². The fourth-order valence-corrected chi connectivity index (χ4v) is 1.93. The van der Waals surface area contributed by atoms with E-state index in [0.29, 0.717) is 0 Å². The van der Waals surface area contributed by atoms with Crippen molar-refractivity contribution in [2.45, 2.75) is 45.6 Å². The minimum absolute atomic E-state index is 0.0275. The van der Waals surface area contributed by atoms with Crippen LogP contribution in [0.4, 0.5) is 14.9 Å². The fraction of sp³-hybridized carbons (Fsp3) is 0.467. The first-order valence-electron chi connectivity index (χ1n) is 7.04. The second-order valence-corrected chi connectivity index (χ2v) is 5.00. The minimum atomic E-state index is -1.34. The molecule has 21 heavy (non-hydrogen) atoms. The van der Waals surface area contributed by atoms with Crippen LogP contribution in [0.15, 0.2) is 18.2 Å². The van der Waals surface area contributed by atoms with E-state index in [4.69, 9.17) is 5.11 Å². The van der Waals surface area contributed by atoms with Gasteiger partial charge in [0.1, 0.15) is 5.82 Å². The number of hydrogen-bond donors (Lipinski definition) is 3. The highest BCUT2D eigenvalue weighted by atomic mass is 19.1. The maximum Gasteiger partial charge on any atom is 0.338 e. The van der Waals surface area contributed by atoms with Gasteiger partial charge in [0, 0.05) is 11.7 Å². The van der Waals surface area contributed by atoms with Crippen LogP contribution in [0.25, 0.3) is 0 Å². The summed E-state index contributed by atoms with van der Waals surface area (Å²) in [7, 11) is 0. The predicted octanol–water partition coefficient (Wildman–Crippen LogP) is 3.61. The number of nitrogens with one attached hydrogen (secondary N) is 2. The number of carbonyl (C=O) groups excluding carboxylic acids is 1. The largest absolute Gasteiger partial charge is 0.478 e. The lowest BCUT2D eigenvalue weighted by atomic mass is 10.1. The molecular formula is C15H21FN2O3. The normalized spacial score (nSPS) is 11.8. The minimum Gasteiger partial charge on any atom is -0.478 e. The molecule has 1 atom stereocenters. The van der Waals surface area contributed by atoms with Crippen LogP contribution in [0.1, 0.15) is 49.9 Å². The molecule has 6 heteroatoms. The topological polar surface area (TPSA) is 78.4 Å². The molecule has 1 aromatic carbocycles. The van der Waals surface area contributed by atoms with Gasteiger partial charge in [0.05, 0.1) is 5.56 Å². The standard InChI is InChI=1S/C15H21FN2O3/c1-3-4-5-6-10(2)17-15(21)18-11-7-8-12(14(19)20)13(16)9-11/h7-10H,3-6H2,1-2H3,(H,19,20)(H2,17,18,21). The van der Waals surface area contributed by atoms with Gasteiger partial charge in [-0.3, -0.25) is 0 Å². The number of urea groups is 1. The van der Waals surface area contributed by atoms with Gasteiger partial charge in [-0.1, -0.05) is 26.2 Å². The summed E-state index contributed by atoms with van der Waals surface area (Å²) < 4.78 is 13.5. The number of carboxylic acid groups (broad SMARTS) is 1. The Hall–Kier alpha value is -2.11. The van der Waals surface area contributed by atoms with Crippen molar-refractivity contribution in [2.75, 3.05) is 5.32 Å². The maximum absolute atomic E-state index is 13.5. The Kier molecular flexibility index (Phi) is 6.65. The smallest absolute Gasteiger partial charge is 0.338 e. The summed E-state index contributed by atoms with van der Waals surface area (Å²) in [5.74, 6) is -2.22. The number of benzene rings is 1. The molecular weight excluding hydrogens is 275 g/mol. The van der Waals surface area contributed by atoms with Gasteiger partial charge in [-0.25, -0.2) is 14.0 Å². The van der Waals surface area contributed by atoms with Gasteiger partial charge in [0.25, 0.3) is 0 Å². The lowest BCUT2D eigenvalue weighted by Gasteiger charge is -2.14. The highest BCUT2D eigenvalue weighted by Gasteiger charge is 2.12. The quantitative estimate of drug-likeness (QED) is 0.672. The molecule has 0 aliphatic carbocycles. The zero-order chi connectivity index (χ0) is 15.8. The van der Waals surface area contributed by atoms with Gasteiger partial charge in [-0.2, -0.15) is 0 Å². The number of rotatable bonds is 7. The number of amides is 2. The molecule has 0 saturated heterocycles. The Labute approximate surface area is 123 Å². The van der Waals surface area contributed by atoms with E-state index in [0.717, 1.165) is 37.8 Å². The fourth-order valence-electron chi connectivity index (χ4n) is 1.93. The Balaban J connectivity index is 2.51. The average Bonchev–Trinajstić information content (AvgIpc) is 2.38. The monoisotopic (exact) mass is 296 g/mol. The molecule has 0 aromatic heterocycles. The molecule has 0 spiro atoms. The second kappa shape index (κ2) is 8.24. The SMILES string of the molecule is CCCCCC(C)NC(=O)Nc1ccc(C(=O)O)c(F)c1. The number of carboxylic acids is 1. The molecule has 0 aliphatic rings. The van der Waals surface area contributed by atoms with Gasteiger partial charge in [-0.05, 0) is 31.5 Å². The Morgan fingerprint density at radius 2 is 2.05 bits per heavy atom. The van der Waals surface area contributed by atoms with Gasteiger partial charge < -0.3 is 15.7 Å². The summed E-state index contributed by atoms with van der Waals surface area (Å²) in [5, 5.41) is 14.0. The molecule has 5 nitrogen and oxygen atoms in total. The Bertz CT molecular complexity index is 506. The third-order valence-corrected chi connectivity index (χ3v) is 3.08. The molecule has 1 aromatic rings. The van der Waals surface area contributed by atoms with E-state index in [1.54, 1.807) is 0 Å². The van der Waals surface area contributed by atoms with E-state index < -0.39 is 23.4 Å². The highest BCUT2D eigenvalue weighted by molar-refractivity contribution is 5.91. The molecule has 0 heterocycles. The zero-order valence-corrected chi connectivity index (χ0v) is 12.3. The van der Waals surface area contributed by atoms with Crippen LogP contribution < -0.4 is 10.6 Å². The van der Waals surface area contributed by atoms with Gasteiger partial charge in [0.15, 0.2) is 0 Å². The Morgan fingerprint density at radius 3 is 2.62 bits per heavy atom. The van der Waals surface area contributed by atoms with Crippen molar-refractivity contribution in [1.29, 1.82) is 0 Å². The highest BCUT2D eigenvalue weighted by Crippen LogP contribution is 2.14. The van der Waals surface area contributed by atoms with Crippen molar-refractivity contribution in [3.8, 4) is 0 Å². The van der Waals surface area contributed by atoms with Crippen molar-refractivity contribution in [1.82, 2.24) is 5.32 Å². The van der Waals surface area contributed by atoms with Gasteiger partial charge in [-0.15, -0.1) is 0 Å². The summed E-state index contributed by atoms with van der Waals surface area (Å²) in [4.78, 5) is 22.4. The van der Waals surface area contributed by atoms with E-state index in [1.165, 1.54) is 6.07 Å². The van der Waals surface area contributed by atoms with E-state index in [2.05, 4.69) is 17.6 Å². The van der Waals surface area contributed by atoms with Crippen LogP contribution in [0.5, 0.6) is 0 Å². The third-order valence-electron chi connectivity index (χ3n) is 3.08. The third kappa shape index (κ3) is 5.81. The molecule has 0 aliphatic heterocycles. The first-order chi connectivity index (χ1) is 9.93. The molecule has 3 N–H and O–H groups in total. The van der Waals surface area contributed by atoms with E-state index in [9.17, 15) is 14.0 Å². The average molecular weight is 296 g/mol. The van der Waals surface area contributed by atoms with Gasteiger partial charge >= 0.3 is 12.0 Å². The van der Waals surface area contributed by atoms with Crippen molar-refractivity contribution in [3.63, 3.8) is 0 Å². The van der Waals surface area contributed by atoms with Gasteiger partial charge in [0.2, 0.25) is 0 Å². The lowest BCUT2D eigenvalue weighted by molar-refractivity contribution is 0.0692. The first-order valence-corrected chi connectivity index (χ1v) is 7.04. The molecule has 1 rings (SSSR count). The number of hydrogen-bond acceptors (Lipinski definition) is 2. The number of aromatic carboxylic acids is 1. The van der Waals surface area contributed by atoms with E-state index in [-0.39, 0.29) is 11.7 Å². The van der Waals surface area contributed by atoms with Crippen molar-refractivity contribution in [2.24, 2.45) is 0 Å². The van der Waals surface area contributed by atoms with Crippen LogP contribution in [-0.2, 0) is 0 Å². The van der Waals surface area contributed by atoms with Crippen LogP contribution in [0.3, 0.4) is 0 Å². The van der Waals surface area contributed by atoms with E-state index in [1.807, 2.05) is 6.92 Å². The van der Waals surface area contributed by atoms with E-state index >= 15 is 0 Å². The number of halogens is 1. The molecule has 2 amide bonds. The second-order valence-electron chi connectivity index (χ2n) is 5.00. The van der Waals surface area contributed by atoms with Crippen LogP contribution >= 0.6 is 0 Å². The summed E-state index contributed by atoms with van der Waals surface area (Å²) in [6, 6.07) is 3.07. The van der Waals surface area contributed by atoms with Crippen molar-refractivity contribution >= 4 is 17.7 Å².